The predicted octanol–water partition coefficient (Wildman–Crippen LogP) is 3.25. The van der Waals surface area contributed by atoms with E-state index in [-0.39, 0.29) is 6.54 Å². The van der Waals surface area contributed by atoms with Gasteiger partial charge in [-0.05, 0) is 45.0 Å². The number of aliphatic imine (C=N–C) groups is 1. The predicted molar refractivity (Wildman–Crippen MR) is 102 cm³/mol. The summed E-state index contributed by atoms with van der Waals surface area (Å²) in [6.07, 6.45) is 0. The number of benzene rings is 1. The van der Waals surface area contributed by atoms with Crippen LogP contribution in [0.5, 0.6) is 0 Å². The molecule has 27 heavy (non-hydrogen) atoms. The molecule has 3 rings (SSSR count). The summed E-state index contributed by atoms with van der Waals surface area (Å²) >= 11 is 5.90. The van der Waals surface area contributed by atoms with Gasteiger partial charge in [-0.15, -0.1) is 0 Å². The van der Waals surface area contributed by atoms with Gasteiger partial charge in [0.1, 0.15) is 12.3 Å². The van der Waals surface area contributed by atoms with Gasteiger partial charge in [0.05, 0.1) is 12.2 Å². The second-order valence-electron chi connectivity index (χ2n) is 5.82. The summed E-state index contributed by atoms with van der Waals surface area (Å²) in [5.41, 5.74) is 1.72. The quantitative estimate of drug-likeness (QED) is 0.493. The van der Waals surface area contributed by atoms with Gasteiger partial charge in [-0.25, -0.2) is 9.98 Å². The molecule has 0 amide bonds. The number of aromatic nitrogens is 3. The van der Waals surface area contributed by atoms with Crippen molar-refractivity contribution in [2.24, 2.45) is 4.99 Å². The zero-order valence-electron chi connectivity index (χ0n) is 15.4. The molecule has 8 nitrogen and oxygen atoms in total. The number of hydrogen-bond donors (Lipinski definition) is 2. The van der Waals surface area contributed by atoms with Crippen LogP contribution in [-0.4, -0.2) is 27.6 Å². The fourth-order valence-electron chi connectivity index (χ4n) is 2.30. The Bertz CT molecular complexity index is 897. The maximum Gasteiger partial charge on any atom is 0.248 e. The van der Waals surface area contributed by atoms with E-state index in [9.17, 15) is 0 Å². The van der Waals surface area contributed by atoms with Gasteiger partial charge < -0.3 is 19.6 Å². The molecule has 0 atom stereocenters. The van der Waals surface area contributed by atoms with E-state index in [1.54, 1.807) is 12.1 Å². The Balaban J connectivity index is 1.63. The lowest BCUT2D eigenvalue weighted by Gasteiger charge is -2.08. The lowest BCUT2D eigenvalue weighted by Crippen LogP contribution is -2.36. The first kappa shape index (κ1) is 18.9. The van der Waals surface area contributed by atoms with Gasteiger partial charge in [0.25, 0.3) is 0 Å². The molecular weight excluding hydrogens is 368 g/mol. The van der Waals surface area contributed by atoms with Crippen molar-refractivity contribution < 1.29 is 8.94 Å². The first-order chi connectivity index (χ1) is 13.0. The van der Waals surface area contributed by atoms with Crippen LogP contribution in [-0.2, 0) is 13.1 Å². The lowest BCUT2D eigenvalue weighted by atomic mass is 10.2. The second-order valence-corrected chi connectivity index (χ2v) is 6.25. The molecule has 0 saturated heterocycles. The minimum atomic E-state index is 0.250. The third-order valence-electron chi connectivity index (χ3n) is 3.77. The molecule has 9 heteroatoms. The van der Waals surface area contributed by atoms with Crippen molar-refractivity contribution in [2.45, 2.75) is 33.9 Å². The molecule has 0 radical (unpaired) electrons. The van der Waals surface area contributed by atoms with Crippen LogP contribution >= 0.6 is 11.6 Å². The molecular formula is C18H21ClN6O2. The van der Waals surface area contributed by atoms with Crippen molar-refractivity contribution in [1.29, 1.82) is 0 Å². The van der Waals surface area contributed by atoms with E-state index in [1.165, 1.54) is 0 Å². The first-order valence-electron chi connectivity index (χ1n) is 8.58. The molecule has 0 aliphatic rings. The van der Waals surface area contributed by atoms with Gasteiger partial charge >= 0.3 is 0 Å². The Labute approximate surface area is 162 Å². The van der Waals surface area contributed by atoms with E-state index in [0.29, 0.717) is 35.1 Å². The minimum Gasteiger partial charge on any atom is -0.444 e. The summed E-state index contributed by atoms with van der Waals surface area (Å²) in [5, 5.41) is 11.0. The Morgan fingerprint density at radius 1 is 1.11 bits per heavy atom. The van der Waals surface area contributed by atoms with Crippen LogP contribution in [0, 0.1) is 13.8 Å². The van der Waals surface area contributed by atoms with Crippen molar-refractivity contribution in [3.05, 3.63) is 52.5 Å². The normalized spacial score (nSPS) is 11.6. The number of oxazole rings is 1. The van der Waals surface area contributed by atoms with Crippen LogP contribution in [0.15, 0.2) is 38.2 Å². The van der Waals surface area contributed by atoms with E-state index in [0.717, 1.165) is 23.6 Å². The summed E-state index contributed by atoms with van der Waals surface area (Å²) in [6, 6.07) is 7.24. The van der Waals surface area contributed by atoms with Gasteiger partial charge in [-0.3, -0.25) is 0 Å². The third-order valence-corrected chi connectivity index (χ3v) is 4.02. The van der Waals surface area contributed by atoms with E-state index in [1.807, 2.05) is 32.9 Å². The van der Waals surface area contributed by atoms with Crippen molar-refractivity contribution in [2.75, 3.05) is 6.54 Å². The van der Waals surface area contributed by atoms with Crippen LogP contribution in [0.3, 0.4) is 0 Å². The smallest absolute Gasteiger partial charge is 0.248 e. The number of halogens is 1. The van der Waals surface area contributed by atoms with Crippen LogP contribution in [0.1, 0.15) is 30.2 Å². The molecule has 0 bridgehead atoms. The zero-order chi connectivity index (χ0) is 19.2. The van der Waals surface area contributed by atoms with Gasteiger partial charge in [0.2, 0.25) is 17.6 Å². The zero-order valence-corrected chi connectivity index (χ0v) is 16.2. The molecule has 0 saturated carbocycles. The summed E-state index contributed by atoms with van der Waals surface area (Å²) in [4.78, 5) is 13.2. The monoisotopic (exact) mass is 388 g/mol. The fourth-order valence-corrected chi connectivity index (χ4v) is 2.42. The van der Waals surface area contributed by atoms with Crippen LogP contribution in [0.2, 0.25) is 5.02 Å². The number of aryl methyl sites for hydroxylation is 2. The summed E-state index contributed by atoms with van der Waals surface area (Å²) < 4.78 is 10.8. The molecule has 0 aliphatic heterocycles. The van der Waals surface area contributed by atoms with Gasteiger partial charge in [0, 0.05) is 17.1 Å². The largest absolute Gasteiger partial charge is 0.444 e. The highest BCUT2D eigenvalue weighted by molar-refractivity contribution is 6.30. The van der Waals surface area contributed by atoms with Crippen LogP contribution in [0.4, 0.5) is 0 Å². The lowest BCUT2D eigenvalue weighted by molar-refractivity contribution is 0.380. The topological polar surface area (TPSA) is 101 Å². The van der Waals surface area contributed by atoms with Crippen molar-refractivity contribution in [3.63, 3.8) is 0 Å². The highest BCUT2D eigenvalue weighted by atomic mass is 35.5. The number of hydrogen-bond acceptors (Lipinski definition) is 6. The van der Waals surface area contributed by atoms with Crippen LogP contribution < -0.4 is 10.6 Å². The standard InChI is InChI=1S/C18H21ClN6O2/c1-4-20-18(21-9-15-23-11(2)12(3)26-15)22-10-16-24-17(25-27-16)13-5-7-14(19)8-6-13/h5-8H,4,9-10H2,1-3H3,(H2,20,21,22). The van der Waals surface area contributed by atoms with Gasteiger partial charge in [-0.1, -0.05) is 16.8 Å². The molecule has 3 aromatic rings. The molecule has 0 aliphatic carbocycles. The molecule has 0 fully saturated rings. The van der Waals surface area contributed by atoms with E-state index >= 15 is 0 Å². The summed E-state index contributed by atoms with van der Waals surface area (Å²) in [6.45, 7) is 7.19. The fraction of sp³-hybridized carbons (Fsp3) is 0.333. The Hall–Kier alpha value is -2.87. The van der Waals surface area contributed by atoms with Gasteiger partial charge in [-0.2, -0.15) is 4.98 Å². The Kier molecular flexibility index (Phi) is 6.08. The molecule has 2 aromatic heterocycles. The van der Waals surface area contributed by atoms with Gasteiger partial charge in [0.15, 0.2) is 5.96 Å². The Morgan fingerprint density at radius 3 is 2.56 bits per heavy atom. The first-order valence-corrected chi connectivity index (χ1v) is 8.96. The van der Waals surface area contributed by atoms with E-state index in [2.05, 4.69) is 30.8 Å². The number of rotatable bonds is 6. The third kappa shape index (κ3) is 5.07. The second kappa shape index (κ2) is 8.68. The minimum absolute atomic E-state index is 0.250. The van der Waals surface area contributed by atoms with Crippen molar-refractivity contribution in [1.82, 2.24) is 25.8 Å². The molecule has 2 heterocycles. The molecule has 1 aromatic carbocycles. The highest BCUT2D eigenvalue weighted by Gasteiger charge is 2.10. The molecule has 2 N–H and O–H groups in total. The maximum atomic E-state index is 5.90. The number of nitrogens with zero attached hydrogens (tertiary/aromatic N) is 4. The number of guanidine groups is 1. The van der Waals surface area contributed by atoms with Crippen molar-refractivity contribution >= 4 is 17.6 Å². The summed E-state index contributed by atoms with van der Waals surface area (Å²) in [7, 11) is 0. The SMILES string of the molecule is CCNC(=NCc1nc(-c2ccc(Cl)cc2)no1)NCc1nc(C)c(C)o1. The average molecular weight is 389 g/mol. The highest BCUT2D eigenvalue weighted by Crippen LogP contribution is 2.18. The van der Waals surface area contributed by atoms with Crippen LogP contribution in [0.25, 0.3) is 11.4 Å². The molecule has 0 unspecified atom stereocenters. The van der Waals surface area contributed by atoms with E-state index in [4.69, 9.17) is 20.5 Å². The summed E-state index contributed by atoms with van der Waals surface area (Å²) in [5.74, 6) is 2.95. The number of nitrogens with one attached hydrogen (secondary N) is 2. The average Bonchev–Trinajstić information content (AvgIpc) is 3.25. The van der Waals surface area contributed by atoms with Crippen molar-refractivity contribution in [3.8, 4) is 11.4 Å². The Morgan fingerprint density at radius 2 is 1.89 bits per heavy atom. The van der Waals surface area contributed by atoms with E-state index < -0.39 is 0 Å². The molecule has 142 valence electrons. The maximum absolute atomic E-state index is 5.90. The molecule has 0 spiro atoms.